The van der Waals surface area contributed by atoms with Crippen molar-refractivity contribution in [2.75, 3.05) is 0 Å². The molecule has 0 aromatic rings. The van der Waals surface area contributed by atoms with Gasteiger partial charge in [-0.15, -0.1) is 0 Å². The van der Waals surface area contributed by atoms with E-state index in [1.807, 2.05) is 0 Å². The van der Waals surface area contributed by atoms with Crippen molar-refractivity contribution in [3.63, 3.8) is 0 Å². The van der Waals surface area contributed by atoms with E-state index in [2.05, 4.69) is 20.8 Å². The number of fused-ring (bicyclic) bond motifs is 5. The molecule has 4 rings (SSSR count). The normalized spacial score (nSPS) is 52.9. The number of carbonyl (C=O) groups excluding carboxylic acids is 1. The first-order chi connectivity index (χ1) is 13.6. The molecule has 4 heteroatoms. The lowest BCUT2D eigenvalue weighted by atomic mass is 9.43. The van der Waals surface area contributed by atoms with Gasteiger partial charge >= 0.3 is 0 Å². The van der Waals surface area contributed by atoms with E-state index in [0.29, 0.717) is 36.0 Å². The summed E-state index contributed by atoms with van der Waals surface area (Å²) in [7, 11) is 0. The van der Waals surface area contributed by atoms with E-state index in [4.69, 9.17) is 0 Å². The minimum atomic E-state index is -0.337. The van der Waals surface area contributed by atoms with Crippen molar-refractivity contribution in [1.29, 1.82) is 0 Å². The molecule has 0 heterocycles. The molecule has 4 nitrogen and oxygen atoms in total. The van der Waals surface area contributed by atoms with E-state index in [9.17, 15) is 20.1 Å². The summed E-state index contributed by atoms with van der Waals surface area (Å²) in [6.07, 6.45) is 7.12. The van der Waals surface area contributed by atoms with E-state index >= 15 is 0 Å². The topological polar surface area (TPSA) is 77.8 Å². The third kappa shape index (κ3) is 3.32. The largest absolute Gasteiger partial charge is 0.393 e. The fourth-order valence-electron chi connectivity index (χ4n) is 8.76. The maximum atomic E-state index is 11.5. The number of rotatable bonds is 4. The molecule has 3 N–H and O–H groups in total. The molecular formula is C25H42O4. The second-order valence-corrected chi connectivity index (χ2v) is 11.7. The molecule has 4 aliphatic rings. The highest BCUT2D eigenvalue weighted by Crippen LogP contribution is 2.68. The number of carbonyl (C=O) groups is 1. The molecule has 0 spiro atoms. The van der Waals surface area contributed by atoms with Gasteiger partial charge in [-0.3, -0.25) is 0 Å². The summed E-state index contributed by atoms with van der Waals surface area (Å²) in [5, 5.41) is 33.0. The Labute approximate surface area is 176 Å². The van der Waals surface area contributed by atoms with Crippen LogP contribution in [-0.2, 0) is 4.79 Å². The molecule has 0 aromatic heterocycles. The lowest BCUT2D eigenvalue weighted by Gasteiger charge is -2.63. The van der Waals surface area contributed by atoms with Crippen LogP contribution in [0.3, 0.4) is 0 Å². The fourth-order valence-corrected chi connectivity index (χ4v) is 8.76. The molecule has 166 valence electrons. The highest BCUT2D eigenvalue weighted by molar-refractivity contribution is 5.75. The summed E-state index contributed by atoms with van der Waals surface area (Å²) in [5.74, 6) is 2.45. The lowest BCUT2D eigenvalue weighted by Crippen LogP contribution is -2.62. The molecule has 4 saturated carbocycles. The summed E-state index contributed by atoms with van der Waals surface area (Å²) in [6, 6.07) is 0. The Morgan fingerprint density at radius 2 is 1.76 bits per heavy atom. The van der Waals surface area contributed by atoms with Gasteiger partial charge in [0.2, 0.25) is 0 Å². The van der Waals surface area contributed by atoms with Gasteiger partial charge in [-0.1, -0.05) is 20.8 Å². The van der Waals surface area contributed by atoms with Crippen LogP contribution in [0.15, 0.2) is 0 Å². The first-order valence-corrected chi connectivity index (χ1v) is 12.1. The van der Waals surface area contributed by atoms with Crippen LogP contribution in [0, 0.1) is 46.3 Å². The van der Waals surface area contributed by atoms with Crippen LogP contribution in [0.5, 0.6) is 0 Å². The number of ketones is 1. The molecule has 11 atom stereocenters. The molecule has 10 unspecified atom stereocenters. The fraction of sp³-hybridized carbons (Fsp3) is 0.960. The minimum Gasteiger partial charge on any atom is -0.393 e. The SMILES string of the molecule is CC(=O)CCC(C)C1CCC2C3C(O)C[C@H]4CC(O)CCC4(C)C3CC(O)C12C. The number of aliphatic hydroxyl groups excluding tert-OH is 3. The molecule has 0 saturated heterocycles. The van der Waals surface area contributed by atoms with Gasteiger partial charge < -0.3 is 20.1 Å². The Hall–Kier alpha value is -0.450. The third-order valence-electron chi connectivity index (χ3n) is 10.5. The predicted octanol–water partition coefficient (Wildman–Crippen LogP) is 3.95. The number of hydrogen-bond donors (Lipinski definition) is 3. The Morgan fingerprint density at radius 3 is 2.45 bits per heavy atom. The molecule has 0 radical (unpaired) electrons. The third-order valence-corrected chi connectivity index (χ3v) is 10.5. The number of hydrogen-bond acceptors (Lipinski definition) is 4. The lowest BCUT2D eigenvalue weighted by molar-refractivity contribution is -0.207. The van der Waals surface area contributed by atoms with E-state index in [1.165, 1.54) is 0 Å². The van der Waals surface area contributed by atoms with Gasteiger partial charge in [-0.25, -0.2) is 0 Å². The van der Waals surface area contributed by atoms with Crippen LogP contribution in [0.1, 0.15) is 85.5 Å². The summed E-state index contributed by atoms with van der Waals surface area (Å²) in [4.78, 5) is 11.5. The number of Topliss-reactive ketones (excluding diaryl/α,β-unsaturated/α-hetero) is 1. The average Bonchev–Trinajstić information content (AvgIpc) is 3.01. The molecular weight excluding hydrogens is 364 g/mol. The van der Waals surface area contributed by atoms with Crippen molar-refractivity contribution in [2.24, 2.45) is 46.3 Å². The van der Waals surface area contributed by atoms with Crippen molar-refractivity contribution in [3.8, 4) is 0 Å². The first kappa shape index (κ1) is 21.8. The van der Waals surface area contributed by atoms with Crippen LogP contribution in [0.2, 0.25) is 0 Å². The minimum absolute atomic E-state index is 0.129. The molecule has 0 aliphatic heterocycles. The van der Waals surface area contributed by atoms with E-state index in [0.717, 1.165) is 51.4 Å². The van der Waals surface area contributed by atoms with Gasteiger partial charge in [0.1, 0.15) is 5.78 Å². The zero-order chi connectivity index (χ0) is 21.1. The molecule has 4 aliphatic carbocycles. The monoisotopic (exact) mass is 406 g/mol. The van der Waals surface area contributed by atoms with Crippen molar-refractivity contribution >= 4 is 5.78 Å². The quantitative estimate of drug-likeness (QED) is 0.660. The average molecular weight is 407 g/mol. The molecule has 4 fully saturated rings. The van der Waals surface area contributed by atoms with Crippen LogP contribution in [0.25, 0.3) is 0 Å². The zero-order valence-corrected chi connectivity index (χ0v) is 18.8. The van der Waals surface area contributed by atoms with Crippen LogP contribution < -0.4 is 0 Å². The van der Waals surface area contributed by atoms with Gasteiger partial charge in [0.05, 0.1) is 18.3 Å². The second-order valence-electron chi connectivity index (χ2n) is 11.7. The first-order valence-electron chi connectivity index (χ1n) is 12.1. The van der Waals surface area contributed by atoms with E-state index in [-0.39, 0.29) is 40.8 Å². The van der Waals surface area contributed by atoms with Crippen LogP contribution in [-0.4, -0.2) is 39.4 Å². The maximum Gasteiger partial charge on any atom is 0.129 e. The summed E-state index contributed by atoms with van der Waals surface area (Å²) in [5.41, 5.74) is -0.0283. The molecule has 0 aromatic carbocycles. The van der Waals surface area contributed by atoms with Crippen molar-refractivity contribution in [1.82, 2.24) is 0 Å². The molecule has 0 bridgehead atoms. The van der Waals surface area contributed by atoms with Gasteiger partial charge in [0, 0.05) is 6.42 Å². The molecule has 0 amide bonds. The van der Waals surface area contributed by atoms with Crippen LogP contribution >= 0.6 is 0 Å². The smallest absolute Gasteiger partial charge is 0.129 e. The second kappa shape index (κ2) is 7.60. The van der Waals surface area contributed by atoms with Crippen molar-refractivity contribution in [2.45, 2.75) is 104 Å². The van der Waals surface area contributed by atoms with Gasteiger partial charge in [-0.05, 0) is 105 Å². The Kier molecular flexibility index (Phi) is 5.71. The zero-order valence-electron chi connectivity index (χ0n) is 18.8. The summed E-state index contributed by atoms with van der Waals surface area (Å²) >= 11 is 0. The Morgan fingerprint density at radius 1 is 1.03 bits per heavy atom. The van der Waals surface area contributed by atoms with E-state index < -0.39 is 0 Å². The predicted molar refractivity (Wildman–Crippen MR) is 113 cm³/mol. The Balaban J connectivity index is 1.61. The Bertz CT molecular complexity index is 634. The summed E-state index contributed by atoms with van der Waals surface area (Å²) in [6.45, 7) is 8.59. The van der Waals surface area contributed by atoms with Crippen molar-refractivity contribution in [3.05, 3.63) is 0 Å². The summed E-state index contributed by atoms with van der Waals surface area (Å²) < 4.78 is 0. The van der Waals surface area contributed by atoms with Gasteiger partial charge in [-0.2, -0.15) is 0 Å². The highest BCUT2D eigenvalue weighted by Gasteiger charge is 2.65. The highest BCUT2D eigenvalue weighted by atomic mass is 16.3. The van der Waals surface area contributed by atoms with Crippen molar-refractivity contribution < 1.29 is 20.1 Å². The number of aliphatic hydroxyl groups is 3. The van der Waals surface area contributed by atoms with Crippen LogP contribution in [0.4, 0.5) is 0 Å². The maximum absolute atomic E-state index is 11.5. The van der Waals surface area contributed by atoms with Gasteiger partial charge in [0.25, 0.3) is 0 Å². The standard InChI is InChI=1S/C25H42O4/c1-14(5-6-15(2)26)18-7-8-19-23-20(13-22(29)25(18,19)4)24(3)10-9-17(27)11-16(24)12-21(23)28/h14,16-23,27-29H,5-13H2,1-4H3/t14?,16-,17?,18?,19?,20?,21?,22?,23?,24?,25?/m1/s1. The van der Waals surface area contributed by atoms with E-state index in [1.54, 1.807) is 6.92 Å². The molecule has 29 heavy (non-hydrogen) atoms. The van der Waals surface area contributed by atoms with Gasteiger partial charge in [0.15, 0.2) is 0 Å².